The first-order chi connectivity index (χ1) is 20.5. The molecule has 9 heteroatoms. The highest BCUT2D eigenvalue weighted by atomic mass is 32.2. The standard InChI is InChI=1S/C33H35N3O5S/c1-3-17-39-33(38)35-20-24-5-4-6-28(18-24)25-11-13-27(14-12-25)31-40-29(22-42-32-34-15-16-36(32)2)19-30(41-31)26-9-7-23(21-37)8-10-26/h3-16,18,29-31,37H,1,17,19-22H2,2H3,(H,35,38). The zero-order chi connectivity index (χ0) is 29.3. The minimum Gasteiger partial charge on any atom is -0.445 e. The molecule has 1 aliphatic rings. The predicted octanol–water partition coefficient (Wildman–Crippen LogP) is 6.33. The number of hydrogen-bond donors (Lipinski definition) is 2. The number of ether oxygens (including phenoxy) is 3. The van der Waals surface area contributed by atoms with Crippen molar-refractivity contribution in [2.75, 3.05) is 12.4 Å². The molecule has 1 aliphatic heterocycles. The third-order valence-corrected chi connectivity index (χ3v) is 8.19. The molecule has 1 fully saturated rings. The second kappa shape index (κ2) is 14.3. The number of aliphatic hydroxyl groups is 1. The molecule has 0 spiro atoms. The lowest BCUT2D eigenvalue weighted by Gasteiger charge is -2.36. The molecule has 5 rings (SSSR count). The number of carbonyl (C=O) groups is 1. The summed E-state index contributed by atoms with van der Waals surface area (Å²) in [4.78, 5) is 16.2. The smallest absolute Gasteiger partial charge is 0.407 e. The summed E-state index contributed by atoms with van der Waals surface area (Å²) in [6.45, 7) is 4.09. The highest BCUT2D eigenvalue weighted by Gasteiger charge is 2.32. The van der Waals surface area contributed by atoms with Crippen LogP contribution in [0.3, 0.4) is 0 Å². The van der Waals surface area contributed by atoms with Crippen LogP contribution in [0.15, 0.2) is 103 Å². The van der Waals surface area contributed by atoms with E-state index in [1.54, 1.807) is 18.0 Å². The Balaban J connectivity index is 1.29. The molecule has 0 bridgehead atoms. The average Bonchev–Trinajstić information content (AvgIpc) is 3.46. The average molecular weight is 586 g/mol. The summed E-state index contributed by atoms with van der Waals surface area (Å²) in [5, 5.41) is 13.2. The summed E-state index contributed by atoms with van der Waals surface area (Å²) in [6, 6.07) is 24.1. The summed E-state index contributed by atoms with van der Waals surface area (Å²) in [5.74, 6) is 0.746. The number of aliphatic hydroxyl groups excluding tert-OH is 1. The van der Waals surface area contributed by atoms with E-state index in [1.165, 1.54) is 6.08 Å². The maximum absolute atomic E-state index is 11.8. The molecule has 2 N–H and O–H groups in total. The van der Waals surface area contributed by atoms with Crippen LogP contribution in [-0.4, -0.2) is 39.2 Å². The van der Waals surface area contributed by atoms with Gasteiger partial charge in [-0.15, -0.1) is 0 Å². The van der Waals surface area contributed by atoms with Gasteiger partial charge in [-0.25, -0.2) is 9.78 Å². The summed E-state index contributed by atoms with van der Waals surface area (Å²) in [7, 11) is 1.99. The van der Waals surface area contributed by atoms with Gasteiger partial charge in [0.1, 0.15) is 6.61 Å². The van der Waals surface area contributed by atoms with Crippen LogP contribution in [-0.2, 0) is 34.4 Å². The van der Waals surface area contributed by atoms with Gasteiger partial charge in [-0.1, -0.05) is 91.1 Å². The third kappa shape index (κ3) is 7.68. The number of thioether (sulfide) groups is 1. The molecule has 3 aromatic carbocycles. The number of rotatable bonds is 11. The Kier molecular flexibility index (Phi) is 10.1. The summed E-state index contributed by atoms with van der Waals surface area (Å²) >= 11 is 1.67. The lowest BCUT2D eigenvalue weighted by Crippen LogP contribution is -2.31. The van der Waals surface area contributed by atoms with Gasteiger partial charge in [0.2, 0.25) is 0 Å². The van der Waals surface area contributed by atoms with Crippen molar-refractivity contribution < 1.29 is 24.1 Å². The van der Waals surface area contributed by atoms with Crippen molar-refractivity contribution in [3.05, 3.63) is 120 Å². The second-order valence-electron chi connectivity index (χ2n) is 10.0. The number of benzene rings is 3. The van der Waals surface area contributed by atoms with Crippen LogP contribution in [0.4, 0.5) is 4.79 Å². The van der Waals surface area contributed by atoms with Gasteiger partial charge in [0.15, 0.2) is 11.4 Å². The van der Waals surface area contributed by atoms with E-state index in [2.05, 4.69) is 29.0 Å². The van der Waals surface area contributed by atoms with Crippen LogP contribution in [0.25, 0.3) is 11.1 Å². The first-order valence-electron chi connectivity index (χ1n) is 13.8. The molecule has 0 saturated carbocycles. The maximum atomic E-state index is 11.8. The summed E-state index contributed by atoms with van der Waals surface area (Å²) < 4.78 is 20.0. The van der Waals surface area contributed by atoms with Crippen molar-refractivity contribution in [3.8, 4) is 11.1 Å². The molecule has 42 heavy (non-hydrogen) atoms. The Labute approximate surface area is 250 Å². The molecule has 0 radical (unpaired) electrons. The maximum Gasteiger partial charge on any atom is 0.407 e. The zero-order valence-corrected chi connectivity index (χ0v) is 24.3. The van der Waals surface area contributed by atoms with Crippen molar-refractivity contribution in [1.29, 1.82) is 0 Å². The van der Waals surface area contributed by atoms with Crippen molar-refractivity contribution in [2.45, 2.75) is 43.2 Å². The predicted molar refractivity (Wildman–Crippen MR) is 163 cm³/mol. The minimum absolute atomic E-state index is 0.00844. The lowest BCUT2D eigenvalue weighted by atomic mass is 9.99. The fourth-order valence-electron chi connectivity index (χ4n) is 4.73. The molecule has 218 valence electrons. The number of aromatic nitrogens is 2. The van der Waals surface area contributed by atoms with Gasteiger partial charge in [0, 0.05) is 43.7 Å². The molecule has 1 aromatic heterocycles. The van der Waals surface area contributed by atoms with Crippen molar-refractivity contribution >= 4 is 17.9 Å². The largest absolute Gasteiger partial charge is 0.445 e. The first kappa shape index (κ1) is 29.6. The van der Waals surface area contributed by atoms with Gasteiger partial charge < -0.3 is 29.2 Å². The molecule has 3 atom stereocenters. The summed E-state index contributed by atoms with van der Waals surface area (Å²) in [5.41, 5.74) is 5.91. The number of aryl methyl sites for hydroxylation is 1. The second-order valence-corrected chi connectivity index (χ2v) is 11.0. The van der Waals surface area contributed by atoms with Crippen LogP contribution in [0.1, 0.15) is 41.1 Å². The highest BCUT2D eigenvalue weighted by Crippen LogP contribution is 2.39. The Morgan fingerprint density at radius 3 is 2.60 bits per heavy atom. The van der Waals surface area contributed by atoms with Gasteiger partial charge in [0.25, 0.3) is 0 Å². The van der Waals surface area contributed by atoms with E-state index in [4.69, 9.17) is 14.2 Å². The van der Waals surface area contributed by atoms with E-state index in [1.807, 2.05) is 78.5 Å². The molecular formula is C33H35N3O5S. The van der Waals surface area contributed by atoms with Gasteiger partial charge in [-0.2, -0.15) is 0 Å². The van der Waals surface area contributed by atoms with E-state index in [0.717, 1.165) is 44.3 Å². The number of hydrogen-bond acceptors (Lipinski definition) is 7. The zero-order valence-electron chi connectivity index (χ0n) is 23.5. The Hall–Kier alpha value is -3.89. The van der Waals surface area contributed by atoms with Crippen molar-refractivity contribution in [2.24, 2.45) is 7.05 Å². The van der Waals surface area contributed by atoms with Crippen LogP contribution in [0, 0.1) is 0 Å². The molecule has 1 amide bonds. The number of imidazole rings is 1. The van der Waals surface area contributed by atoms with Gasteiger partial charge in [0.05, 0.1) is 18.8 Å². The van der Waals surface area contributed by atoms with Crippen molar-refractivity contribution in [1.82, 2.24) is 14.9 Å². The van der Waals surface area contributed by atoms with Gasteiger partial charge >= 0.3 is 6.09 Å². The summed E-state index contributed by atoms with van der Waals surface area (Å²) in [6.07, 6.45) is 4.79. The highest BCUT2D eigenvalue weighted by molar-refractivity contribution is 7.99. The van der Waals surface area contributed by atoms with Crippen molar-refractivity contribution in [3.63, 3.8) is 0 Å². The Bertz CT molecular complexity index is 1470. The molecular weight excluding hydrogens is 550 g/mol. The third-order valence-electron chi connectivity index (χ3n) is 7.00. The van der Waals surface area contributed by atoms with E-state index in [0.29, 0.717) is 13.0 Å². The van der Waals surface area contributed by atoms with Crippen LogP contribution >= 0.6 is 11.8 Å². The quantitative estimate of drug-likeness (QED) is 0.157. The number of alkyl carbamates (subject to hydrolysis) is 1. The van der Waals surface area contributed by atoms with E-state index < -0.39 is 12.4 Å². The molecule has 8 nitrogen and oxygen atoms in total. The van der Waals surface area contributed by atoms with E-state index in [-0.39, 0.29) is 25.4 Å². The molecule has 1 saturated heterocycles. The SMILES string of the molecule is C=CCOC(=O)NCc1cccc(-c2ccc(C3OC(CSc4nccn4C)CC(c4ccc(CO)cc4)O3)cc2)c1. The number of nitrogens with one attached hydrogen (secondary N) is 1. The normalized spacial score (nSPS) is 18.4. The van der Waals surface area contributed by atoms with Gasteiger partial charge in [-0.05, 0) is 33.9 Å². The molecule has 4 aromatic rings. The Morgan fingerprint density at radius 1 is 1.10 bits per heavy atom. The lowest BCUT2D eigenvalue weighted by molar-refractivity contribution is -0.245. The van der Waals surface area contributed by atoms with Crippen LogP contribution in [0.5, 0.6) is 0 Å². The molecule has 0 aliphatic carbocycles. The first-order valence-corrected chi connectivity index (χ1v) is 14.8. The van der Waals surface area contributed by atoms with Crippen LogP contribution in [0.2, 0.25) is 0 Å². The topological polar surface area (TPSA) is 94.8 Å². The van der Waals surface area contributed by atoms with Crippen LogP contribution < -0.4 is 5.32 Å². The number of amides is 1. The monoisotopic (exact) mass is 585 g/mol. The molecule has 2 heterocycles. The van der Waals surface area contributed by atoms with Gasteiger partial charge in [-0.3, -0.25) is 0 Å². The number of nitrogens with zero attached hydrogens (tertiary/aromatic N) is 2. The fraction of sp³-hybridized carbons (Fsp3) is 0.273. The Morgan fingerprint density at radius 2 is 1.88 bits per heavy atom. The van der Waals surface area contributed by atoms with E-state index >= 15 is 0 Å². The van der Waals surface area contributed by atoms with E-state index in [9.17, 15) is 9.90 Å². The number of carbonyl (C=O) groups excluding carboxylic acids is 1. The minimum atomic E-state index is -0.528. The fourth-order valence-corrected chi connectivity index (χ4v) is 5.68. The molecule has 3 unspecified atom stereocenters.